The van der Waals surface area contributed by atoms with E-state index in [-0.39, 0.29) is 11.9 Å². The zero-order valence-electron chi connectivity index (χ0n) is 9.77. The number of amidine groups is 1. The molecule has 1 aromatic carbocycles. The van der Waals surface area contributed by atoms with E-state index in [4.69, 9.17) is 15.7 Å². The van der Waals surface area contributed by atoms with Crippen molar-refractivity contribution in [1.29, 1.82) is 0 Å². The van der Waals surface area contributed by atoms with Crippen LogP contribution in [-0.2, 0) is 0 Å². The molecule has 0 aromatic heterocycles. The maximum Gasteiger partial charge on any atom is 0.141 e. The summed E-state index contributed by atoms with van der Waals surface area (Å²) in [5.41, 5.74) is 6.37. The molecule has 1 aromatic rings. The molecule has 0 fully saturated rings. The number of methoxy groups -OCH3 is 1. The van der Waals surface area contributed by atoms with Crippen LogP contribution in [0.5, 0.6) is 5.75 Å². The Morgan fingerprint density at radius 2 is 2.35 bits per heavy atom. The summed E-state index contributed by atoms with van der Waals surface area (Å²) in [7, 11) is 1.62. The quantitative estimate of drug-likeness (QED) is 0.338. The summed E-state index contributed by atoms with van der Waals surface area (Å²) in [5.74, 6) is 0.984. The molecule has 5 nitrogen and oxygen atoms in total. The first kappa shape index (κ1) is 13.6. The maximum atomic E-state index is 8.47. The van der Waals surface area contributed by atoms with Crippen molar-refractivity contribution < 1.29 is 9.94 Å². The van der Waals surface area contributed by atoms with Crippen LogP contribution in [0.2, 0.25) is 0 Å². The molecule has 0 saturated carbocycles. The smallest absolute Gasteiger partial charge is 0.141 e. The summed E-state index contributed by atoms with van der Waals surface area (Å²) >= 11 is 3.41. The van der Waals surface area contributed by atoms with E-state index in [0.29, 0.717) is 6.42 Å². The number of nitrogens with two attached hydrogens (primary N) is 1. The van der Waals surface area contributed by atoms with Crippen molar-refractivity contribution in [2.24, 2.45) is 10.9 Å². The van der Waals surface area contributed by atoms with E-state index >= 15 is 0 Å². The van der Waals surface area contributed by atoms with Crippen molar-refractivity contribution in [2.45, 2.75) is 19.4 Å². The summed E-state index contributed by atoms with van der Waals surface area (Å²) in [6.07, 6.45) is 0.472. The third-order valence-electron chi connectivity index (χ3n) is 2.21. The van der Waals surface area contributed by atoms with Gasteiger partial charge in [0.2, 0.25) is 0 Å². The van der Waals surface area contributed by atoms with E-state index in [1.807, 2.05) is 25.1 Å². The molecular formula is C11H16BrN3O2. The largest absolute Gasteiger partial charge is 0.496 e. The lowest BCUT2D eigenvalue weighted by Crippen LogP contribution is -2.24. The van der Waals surface area contributed by atoms with E-state index in [1.54, 1.807) is 7.11 Å². The van der Waals surface area contributed by atoms with Crippen LogP contribution >= 0.6 is 15.9 Å². The third-order valence-corrected chi connectivity index (χ3v) is 2.83. The topological polar surface area (TPSA) is 79.9 Å². The minimum Gasteiger partial charge on any atom is -0.496 e. The number of oxime groups is 1. The van der Waals surface area contributed by atoms with E-state index in [9.17, 15) is 0 Å². The Morgan fingerprint density at radius 1 is 1.65 bits per heavy atom. The second-order valence-electron chi connectivity index (χ2n) is 3.69. The van der Waals surface area contributed by atoms with Gasteiger partial charge in [-0.15, -0.1) is 0 Å². The Kier molecular flexibility index (Phi) is 5.09. The van der Waals surface area contributed by atoms with Crippen LogP contribution in [0, 0.1) is 0 Å². The zero-order chi connectivity index (χ0) is 12.8. The van der Waals surface area contributed by atoms with Crippen molar-refractivity contribution >= 4 is 27.5 Å². The Hall–Kier alpha value is -1.43. The molecule has 0 radical (unpaired) electrons. The average molecular weight is 302 g/mol. The van der Waals surface area contributed by atoms with Crippen molar-refractivity contribution in [2.75, 3.05) is 12.4 Å². The summed E-state index contributed by atoms with van der Waals surface area (Å²) < 4.78 is 6.02. The molecule has 1 rings (SSSR count). The predicted molar refractivity (Wildman–Crippen MR) is 71.8 cm³/mol. The number of hydrogen-bond acceptors (Lipinski definition) is 4. The van der Waals surface area contributed by atoms with Gasteiger partial charge in [-0.05, 0) is 41.1 Å². The first-order valence-electron chi connectivity index (χ1n) is 5.13. The molecule has 0 amide bonds. The molecule has 0 bridgehead atoms. The Balaban J connectivity index is 2.66. The summed E-state index contributed by atoms with van der Waals surface area (Å²) in [4.78, 5) is 0. The first-order valence-corrected chi connectivity index (χ1v) is 5.92. The Bertz CT molecular complexity index is 410. The van der Waals surface area contributed by atoms with Gasteiger partial charge in [0.25, 0.3) is 0 Å². The number of rotatable bonds is 5. The third kappa shape index (κ3) is 4.14. The SMILES string of the molecule is COc1ccc(NC(C)CC(N)=NO)cc1Br. The van der Waals surface area contributed by atoms with Crippen LogP contribution < -0.4 is 15.8 Å². The predicted octanol–water partition coefficient (Wildman–Crippen LogP) is 2.39. The van der Waals surface area contributed by atoms with Gasteiger partial charge in [-0.25, -0.2) is 0 Å². The molecule has 4 N–H and O–H groups in total. The molecule has 0 saturated heterocycles. The highest BCUT2D eigenvalue weighted by Crippen LogP contribution is 2.28. The van der Waals surface area contributed by atoms with Gasteiger partial charge in [0, 0.05) is 18.2 Å². The molecule has 1 unspecified atom stereocenters. The van der Waals surface area contributed by atoms with E-state index < -0.39 is 0 Å². The van der Waals surface area contributed by atoms with E-state index in [2.05, 4.69) is 26.4 Å². The molecule has 0 aliphatic heterocycles. The van der Waals surface area contributed by atoms with Crippen molar-refractivity contribution in [3.05, 3.63) is 22.7 Å². The lowest BCUT2D eigenvalue weighted by molar-refractivity contribution is 0.316. The lowest BCUT2D eigenvalue weighted by Gasteiger charge is -2.15. The number of nitrogens with zero attached hydrogens (tertiary/aromatic N) is 1. The zero-order valence-corrected chi connectivity index (χ0v) is 11.4. The summed E-state index contributed by atoms with van der Waals surface area (Å²) in [5, 5.41) is 14.7. The molecule has 94 valence electrons. The van der Waals surface area contributed by atoms with E-state index in [0.717, 1.165) is 15.9 Å². The molecule has 1 atom stereocenters. The van der Waals surface area contributed by atoms with Gasteiger partial charge in [-0.3, -0.25) is 0 Å². The highest BCUT2D eigenvalue weighted by Gasteiger charge is 2.07. The molecule has 0 aliphatic carbocycles. The fraction of sp³-hybridized carbons (Fsp3) is 0.364. The van der Waals surface area contributed by atoms with Gasteiger partial charge in [0.1, 0.15) is 11.6 Å². The minimum absolute atomic E-state index is 0.0752. The van der Waals surface area contributed by atoms with Crippen molar-refractivity contribution in [1.82, 2.24) is 0 Å². The fourth-order valence-corrected chi connectivity index (χ4v) is 1.99. The Morgan fingerprint density at radius 3 is 2.88 bits per heavy atom. The number of halogens is 1. The molecule has 6 heteroatoms. The molecule has 0 spiro atoms. The Labute approximate surface area is 109 Å². The van der Waals surface area contributed by atoms with Crippen molar-refractivity contribution in [3.63, 3.8) is 0 Å². The summed E-state index contributed by atoms with van der Waals surface area (Å²) in [6.45, 7) is 1.95. The second kappa shape index (κ2) is 6.34. The summed E-state index contributed by atoms with van der Waals surface area (Å²) in [6, 6.07) is 5.77. The van der Waals surface area contributed by atoms with Crippen LogP contribution in [0.3, 0.4) is 0 Å². The standard InChI is InChI=1S/C11H16BrN3O2/c1-7(5-11(13)15-16)14-8-3-4-10(17-2)9(12)6-8/h3-4,6-7,14,16H,5H2,1-2H3,(H2,13,15). The van der Waals surface area contributed by atoms with Gasteiger partial charge >= 0.3 is 0 Å². The molecule has 17 heavy (non-hydrogen) atoms. The normalized spacial score (nSPS) is 13.2. The van der Waals surface area contributed by atoms with Gasteiger partial charge in [-0.2, -0.15) is 0 Å². The number of benzene rings is 1. The minimum atomic E-state index is 0.0752. The monoisotopic (exact) mass is 301 g/mol. The number of hydrogen-bond donors (Lipinski definition) is 3. The lowest BCUT2D eigenvalue weighted by atomic mass is 10.2. The molecule has 0 aliphatic rings. The van der Waals surface area contributed by atoms with Crippen LogP contribution in [0.4, 0.5) is 5.69 Å². The van der Waals surface area contributed by atoms with Gasteiger partial charge in [-0.1, -0.05) is 5.16 Å². The van der Waals surface area contributed by atoms with Gasteiger partial charge in [0.15, 0.2) is 0 Å². The highest BCUT2D eigenvalue weighted by molar-refractivity contribution is 9.10. The molecule has 0 heterocycles. The average Bonchev–Trinajstić information content (AvgIpc) is 2.29. The number of anilines is 1. The van der Waals surface area contributed by atoms with Gasteiger partial charge in [0.05, 0.1) is 11.6 Å². The van der Waals surface area contributed by atoms with E-state index in [1.165, 1.54) is 0 Å². The van der Waals surface area contributed by atoms with Crippen LogP contribution in [0.1, 0.15) is 13.3 Å². The van der Waals surface area contributed by atoms with Gasteiger partial charge < -0.3 is 21.0 Å². The number of ether oxygens (including phenoxy) is 1. The number of nitrogens with one attached hydrogen (secondary N) is 1. The van der Waals surface area contributed by atoms with Crippen LogP contribution in [-0.4, -0.2) is 24.2 Å². The highest BCUT2D eigenvalue weighted by atomic mass is 79.9. The van der Waals surface area contributed by atoms with Crippen molar-refractivity contribution in [3.8, 4) is 5.75 Å². The van der Waals surface area contributed by atoms with Crippen LogP contribution in [0.15, 0.2) is 27.8 Å². The first-order chi connectivity index (χ1) is 8.06. The van der Waals surface area contributed by atoms with Crippen LogP contribution in [0.25, 0.3) is 0 Å². The fourth-order valence-electron chi connectivity index (χ4n) is 1.45. The second-order valence-corrected chi connectivity index (χ2v) is 4.54. The maximum absolute atomic E-state index is 8.47. The molecular weight excluding hydrogens is 286 g/mol.